The Morgan fingerprint density at radius 2 is 1.93 bits per heavy atom. The molecule has 2 aliphatic heterocycles. The molecule has 0 bridgehead atoms. The molecule has 2 saturated heterocycles. The highest BCUT2D eigenvalue weighted by atomic mass is 127. The molecule has 1 aromatic rings. The zero-order valence-corrected chi connectivity index (χ0v) is 20.7. The van der Waals surface area contributed by atoms with Gasteiger partial charge in [-0.1, -0.05) is 0 Å². The highest BCUT2D eigenvalue weighted by Gasteiger charge is 2.27. The quantitative estimate of drug-likeness (QED) is 0.331. The summed E-state index contributed by atoms with van der Waals surface area (Å²) in [5.41, 5.74) is 0. The number of aryl methyl sites for hydroxylation is 1. The molecule has 1 aromatic heterocycles. The number of ether oxygens (including phenoxy) is 1. The number of morpholine rings is 1. The molecule has 1 atom stereocenters. The first-order valence-corrected chi connectivity index (χ1v) is 10.6. The van der Waals surface area contributed by atoms with Crippen LogP contribution in [0.15, 0.2) is 21.5 Å². The van der Waals surface area contributed by atoms with Gasteiger partial charge in [0.2, 0.25) is 5.91 Å². The van der Waals surface area contributed by atoms with Crippen LogP contribution in [0.3, 0.4) is 0 Å². The fourth-order valence-electron chi connectivity index (χ4n) is 4.16. The Hall–Kier alpha value is -1.33. The van der Waals surface area contributed by atoms with Crippen molar-refractivity contribution in [3.63, 3.8) is 0 Å². The van der Waals surface area contributed by atoms with Crippen molar-refractivity contribution < 1.29 is 13.9 Å². The third kappa shape index (κ3) is 6.84. The summed E-state index contributed by atoms with van der Waals surface area (Å²) in [5, 5.41) is 6.29. The highest BCUT2D eigenvalue weighted by molar-refractivity contribution is 14.0. The van der Waals surface area contributed by atoms with Crippen molar-refractivity contribution in [2.24, 2.45) is 10.9 Å². The van der Waals surface area contributed by atoms with Crippen molar-refractivity contribution >= 4 is 35.8 Å². The zero-order chi connectivity index (χ0) is 20.6. The summed E-state index contributed by atoms with van der Waals surface area (Å²) in [5.74, 6) is 3.42. The summed E-state index contributed by atoms with van der Waals surface area (Å²) in [7, 11) is 3.54. The van der Waals surface area contributed by atoms with E-state index in [1.54, 1.807) is 7.05 Å². The van der Waals surface area contributed by atoms with E-state index >= 15 is 0 Å². The van der Waals surface area contributed by atoms with E-state index in [0.717, 1.165) is 76.3 Å². The fourth-order valence-corrected chi connectivity index (χ4v) is 4.16. The number of hydrogen-bond acceptors (Lipinski definition) is 5. The van der Waals surface area contributed by atoms with Crippen molar-refractivity contribution in [2.75, 3.05) is 60.0 Å². The number of nitrogens with zero attached hydrogens (tertiary/aromatic N) is 3. The molecule has 0 spiro atoms. The monoisotopic (exact) mass is 533 g/mol. The molecule has 0 saturated carbocycles. The van der Waals surface area contributed by atoms with Crippen LogP contribution < -0.4 is 10.6 Å². The number of carbonyl (C=O) groups excluding carboxylic acids is 1. The molecule has 0 aliphatic carbocycles. The smallest absolute Gasteiger partial charge is 0.220 e. The first-order chi connectivity index (χ1) is 14.1. The zero-order valence-electron chi connectivity index (χ0n) is 18.4. The van der Waals surface area contributed by atoms with Gasteiger partial charge in [-0.3, -0.25) is 14.7 Å². The molecule has 170 valence electrons. The first kappa shape index (κ1) is 24.9. The molecule has 2 fully saturated rings. The second-order valence-electron chi connectivity index (χ2n) is 7.85. The number of guanidine groups is 1. The van der Waals surface area contributed by atoms with Crippen LogP contribution in [-0.2, 0) is 9.53 Å². The van der Waals surface area contributed by atoms with E-state index in [9.17, 15) is 4.79 Å². The van der Waals surface area contributed by atoms with Crippen LogP contribution in [0.1, 0.15) is 36.8 Å². The topological polar surface area (TPSA) is 82.3 Å². The Balaban J connectivity index is 0.00000320. The molecule has 3 rings (SSSR count). The van der Waals surface area contributed by atoms with Gasteiger partial charge in [0.25, 0.3) is 0 Å². The number of hydrogen-bond donors (Lipinski definition) is 2. The lowest BCUT2D eigenvalue weighted by atomic mass is 9.93. The van der Waals surface area contributed by atoms with Gasteiger partial charge in [0, 0.05) is 53.2 Å². The maximum Gasteiger partial charge on any atom is 0.220 e. The molecule has 2 aliphatic rings. The lowest BCUT2D eigenvalue weighted by molar-refractivity contribution is -0.121. The largest absolute Gasteiger partial charge is 0.465 e. The van der Waals surface area contributed by atoms with Crippen LogP contribution in [-0.4, -0.2) is 81.7 Å². The van der Waals surface area contributed by atoms with Gasteiger partial charge < -0.3 is 24.7 Å². The van der Waals surface area contributed by atoms with Crippen LogP contribution in [0.2, 0.25) is 0 Å². The Morgan fingerprint density at radius 3 is 2.50 bits per heavy atom. The third-order valence-electron chi connectivity index (χ3n) is 5.91. The van der Waals surface area contributed by atoms with E-state index in [2.05, 4.69) is 31.5 Å². The van der Waals surface area contributed by atoms with Gasteiger partial charge in [0.05, 0.1) is 19.3 Å². The number of nitrogens with one attached hydrogen (secondary N) is 2. The summed E-state index contributed by atoms with van der Waals surface area (Å²) < 4.78 is 11.5. The predicted molar refractivity (Wildman–Crippen MR) is 128 cm³/mol. The number of furan rings is 1. The number of carbonyl (C=O) groups is 1. The average molecular weight is 533 g/mol. The number of piperidine rings is 1. The van der Waals surface area contributed by atoms with Crippen molar-refractivity contribution in [2.45, 2.75) is 32.2 Å². The third-order valence-corrected chi connectivity index (χ3v) is 5.91. The summed E-state index contributed by atoms with van der Waals surface area (Å²) in [4.78, 5) is 20.9. The van der Waals surface area contributed by atoms with Gasteiger partial charge >= 0.3 is 0 Å². The Labute approximate surface area is 196 Å². The number of halogens is 1. The predicted octanol–water partition coefficient (Wildman–Crippen LogP) is 2.00. The molecule has 9 heteroatoms. The summed E-state index contributed by atoms with van der Waals surface area (Å²) in [6.45, 7) is 7.86. The SMILES string of the molecule is CN=C(NCC(c1ccc(C)o1)N1CCOCC1)N1CCC(CC(=O)NC)CC1.I. The van der Waals surface area contributed by atoms with E-state index in [0.29, 0.717) is 12.3 Å². The van der Waals surface area contributed by atoms with E-state index in [-0.39, 0.29) is 35.9 Å². The summed E-state index contributed by atoms with van der Waals surface area (Å²) in [6, 6.07) is 4.24. The maximum absolute atomic E-state index is 11.6. The fraction of sp³-hybridized carbons (Fsp3) is 0.714. The molecule has 1 unspecified atom stereocenters. The van der Waals surface area contributed by atoms with Crippen molar-refractivity contribution in [3.8, 4) is 0 Å². The van der Waals surface area contributed by atoms with Crippen LogP contribution in [0.25, 0.3) is 0 Å². The molecule has 30 heavy (non-hydrogen) atoms. The summed E-state index contributed by atoms with van der Waals surface area (Å²) >= 11 is 0. The molecule has 8 nitrogen and oxygen atoms in total. The van der Waals surface area contributed by atoms with Gasteiger partial charge in [-0.2, -0.15) is 0 Å². The molecular formula is C21H36IN5O3. The Morgan fingerprint density at radius 1 is 1.23 bits per heavy atom. The van der Waals surface area contributed by atoms with Crippen molar-refractivity contribution in [1.82, 2.24) is 20.4 Å². The first-order valence-electron chi connectivity index (χ1n) is 10.6. The molecule has 0 aromatic carbocycles. The minimum atomic E-state index is 0. The van der Waals surface area contributed by atoms with Gasteiger partial charge in [-0.15, -0.1) is 24.0 Å². The van der Waals surface area contributed by atoms with E-state index in [1.807, 2.05) is 20.0 Å². The lowest BCUT2D eigenvalue weighted by Crippen LogP contribution is -2.49. The number of aliphatic imine (C=N–C) groups is 1. The van der Waals surface area contributed by atoms with E-state index in [1.165, 1.54) is 0 Å². The second kappa shape index (κ2) is 12.5. The van der Waals surface area contributed by atoms with E-state index < -0.39 is 0 Å². The average Bonchev–Trinajstić information content (AvgIpc) is 3.18. The molecule has 2 N–H and O–H groups in total. The van der Waals surface area contributed by atoms with Crippen LogP contribution in [0.5, 0.6) is 0 Å². The standard InChI is InChI=1S/C21H35N5O3.HI/c1-16-4-5-19(29-16)18(25-10-12-28-13-11-25)15-24-21(23-3)26-8-6-17(7-9-26)14-20(27)22-2;/h4-5,17-18H,6-15H2,1-3H3,(H,22,27)(H,23,24);1H. The number of rotatable bonds is 6. The van der Waals surface area contributed by atoms with Crippen molar-refractivity contribution in [3.05, 3.63) is 23.7 Å². The highest BCUT2D eigenvalue weighted by Crippen LogP contribution is 2.24. The van der Waals surface area contributed by atoms with Crippen LogP contribution in [0.4, 0.5) is 0 Å². The van der Waals surface area contributed by atoms with Gasteiger partial charge in [-0.05, 0) is 37.8 Å². The van der Waals surface area contributed by atoms with Gasteiger partial charge in [0.15, 0.2) is 5.96 Å². The minimum Gasteiger partial charge on any atom is -0.465 e. The summed E-state index contributed by atoms with van der Waals surface area (Å²) in [6.07, 6.45) is 2.64. The van der Waals surface area contributed by atoms with Crippen LogP contribution in [0, 0.1) is 12.8 Å². The Kier molecular flexibility index (Phi) is 10.4. The van der Waals surface area contributed by atoms with Crippen molar-refractivity contribution in [1.29, 1.82) is 0 Å². The number of likely N-dealkylation sites (tertiary alicyclic amines) is 1. The van der Waals surface area contributed by atoms with Gasteiger partial charge in [-0.25, -0.2) is 0 Å². The Bertz CT molecular complexity index is 682. The lowest BCUT2D eigenvalue weighted by Gasteiger charge is -2.36. The molecule has 3 heterocycles. The number of amides is 1. The second-order valence-corrected chi connectivity index (χ2v) is 7.85. The van der Waals surface area contributed by atoms with Gasteiger partial charge in [0.1, 0.15) is 11.5 Å². The molecular weight excluding hydrogens is 497 g/mol. The molecule has 0 radical (unpaired) electrons. The van der Waals surface area contributed by atoms with E-state index in [4.69, 9.17) is 9.15 Å². The maximum atomic E-state index is 11.6. The minimum absolute atomic E-state index is 0. The normalized spacial score (nSPS) is 19.8. The molecule has 1 amide bonds. The van der Waals surface area contributed by atoms with Crippen LogP contribution >= 0.6 is 24.0 Å².